The molecule has 12 heteroatoms. The maximum atomic E-state index is 13.4. The lowest BCUT2D eigenvalue weighted by Gasteiger charge is -2.15. The van der Waals surface area contributed by atoms with Crippen molar-refractivity contribution in [3.63, 3.8) is 0 Å². The maximum absolute atomic E-state index is 13.4. The molecular weight excluding hydrogens is 473 g/mol. The number of nitrogens with one attached hydrogen (secondary N) is 2. The van der Waals surface area contributed by atoms with E-state index in [4.69, 9.17) is 11.6 Å². The Balaban J connectivity index is 1.87. The second-order valence-corrected chi connectivity index (χ2v) is 7.55. The molecule has 0 spiro atoms. The van der Waals surface area contributed by atoms with Crippen LogP contribution in [0.2, 0.25) is 5.02 Å². The monoisotopic (exact) mass is 488 g/mol. The van der Waals surface area contributed by atoms with Gasteiger partial charge in [0.15, 0.2) is 17.2 Å². The van der Waals surface area contributed by atoms with Gasteiger partial charge < -0.3 is 10.6 Å². The highest BCUT2D eigenvalue weighted by molar-refractivity contribution is 6.32. The molecular formula is C22H16ClF3N6O2. The van der Waals surface area contributed by atoms with Gasteiger partial charge >= 0.3 is 6.18 Å². The Bertz CT molecular complexity index is 1430. The van der Waals surface area contributed by atoms with Gasteiger partial charge in [-0.25, -0.2) is 14.6 Å². The minimum atomic E-state index is -4.82. The lowest BCUT2D eigenvalue weighted by atomic mass is 10.1. The molecule has 0 aliphatic carbocycles. The van der Waals surface area contributed by atoms with Crippen LogP contribution in [-0.4, -0.2) is 38.6 Å². The van der Waals surface area contributed by atoms with Gasteiger partial charge in [-0.1, -0.05) is 29.8 Å². The lowest BCUT2D eigenvalue weighted by molar-refractivity contribution is -0.141. The summed E-state index contributed by atoms with van der Waals surface area (Å²) < 4.78 is 41.0. The van der Waals surface area contributed by atoms with Crippen molar-refractivity contribution in [2.45, 2.75) is 13.1 Å². The van der Waals surface area contributed by atoms with Gasteiger partial charge in [0.05, 0.1) is 16.2 Å². The van der Waals surface area contributed by atoms with E-state index in [1.165, 1.54) is 25.4 Å². The minimum Gasteiger partial charge on any atom is -0.354 e. The van der Waals surface area contributed by atoms with E-state index < -0.39 is 29.4 Å². The number of hydrogen-bond acceptors (Lipinski definition) is 5. The average Bonchev–Trinajstić information content (AvgIpc) is 3.26. The standard InChI is InChI=1S/C22H16ClF3N6O2/c1-11-12-6-3-4-8-14(12)29-18(21(34)27-2)17(11)30-20(33)15-10-16(22(24,25)26)31-32(15)19-13(23)7-5-9-28-19/h3-10H,1-2H3,(H,27,34)(H,30,33). The molecule has 0 saturated heterocycles. The molecule has 0 unspecified atom stereocenters. The summed E-state index contributed by atoms with van der Waals surface area (Å²) in [5, 5.41) is 9.14. The number of nitrogens with zero attached hydrogens (tertiary/aromatic N) is 4. The Morgan fingerprint density at radius 3 is 2.50 bits per heavy atom. The van der Waals surface area contributed by atoms with Crippen LogP contribution in [0.5, 0.6) is 0 Å². The van der Waals surface area contributed by atoms with Crippen LogP contribution in [-0.2, 0) is 6.18 Å². The van der Waals surface area contributed by atoms with Gasteiger partial charge in [-0.3, -0.25) is 9.59 Å². The molecule has 8 nitrogen and oxygen atoms in total. The van der Waals surface area contributed by atoms with Crippen molar-refractivity contribution in [2.24, 2.45) is 0 Å². The predicted molar refractivity (Wildman–Crippen MR) is 119 cm³/mol. The van der Waals surface area contributed by atoms with Gasteiger partial charge in [0.25, 0.3) is 11.8 Å². The van der Waals surface area contributed by atoms with Crippen molar-refractivity contribution in [2.75, 3.05) is 12.4 Å². The predicted octanol–water partition coefficient (Wildman–Crippen LogP) is 4.41. The highest BCUT2D eigenvalue weighted by Crippen LogP contribution is 2.32. The third-order valence-corrected chi connectivity index (χ3v) is 5.30. The Labute approximate surface area is 195 Å². The number of rotatable bonds is 4. The van der Waals surface area contributed by atoms with Crippen LogP contribution in [0.1, 0.15) is 32.2 Å². The number of hydrogen-bond donors (Lipinski definition) is 2. The summed E-state index contributed by atoms with van der Waals surface area (Å²) >= 11 is 6.10. The van der Waals surface area contributed by atoms with E-state index in [1.807, 2.05) is 0 Å². The van der Waals surface area contributed by atoms with Gasteiger partial charge in [0, 0.05) is 24.7 Å². The van der Waals surface area contributed by atoms with Crippen molar-refractivity contribution in [1.82, 2.24) is 25.1 Å². The molecule has 0 fully saturated rings. The number of fused-ring (bicyclic) bond motifs is 1. The van der Waals surface area contributed by atoms with Gasteiger partial charge in [-0.2, -0.15) is 18.3 Å². The molecule has 0 saturated carbocycles. The second-order valence-electron chi connectivity index (χ2n) is 7.14. The van der Waals surface area contributed by atoms with E-state index >= 15 is 0 Å². The molecule has 0 bridgehead atoms. The quantitative estimate of drug-likeness (QED) is 0.443. The maximum Gasteiger partial charge on any atom is 0.435 e. The SMILES string of the molecule is CNC(=O)c1nc2ccccc2c(C)c1NC(=O)c1cc(C(F)(F)F)nn1-c1ncccc1Cl. The number of amides is 2. The number of para-hydroxylation sites is 1. The summed E-state index contributed by atoms with van der Waals surface area (Å²) in [6.07, 6.45) is -3.52. The number of carbonyl (C=O) groups is 2. The lowest BCUT2D eigenvalue weighted by Crippen LogP contribution is -2.25. The smallest absolute Gasteiger partial charge is 0.354 e. The second kappa shape index (κ2) is 8.75. The van der Waals surface area contributed by atoms with Crippen LogP contribution < -0.4 is 10.6 Å². The van der Waals surface area contributed by atoms with Crippen LogP contribution in [0.15, 0.2) is 48.7 Å². The zero-order chi connectivity index (χ0) is 24.6. The number of alkyl halides is 3. The number of carbonyl (C=O) groups excluding carboxylic acids is 2. The summed E-state index contributed by atoms with van der Waals surface area (Å²) in [5.41, 5.74) is -0.805. The van der Waals surface area contributed by atoms with Crippen molar-refractivity contribution in [1.29, 1.82) is 0 Å². The topological polar surface area (TPSA) is 102 Å². The highest BCUT2D eigenvalue weighted by atomic mass is 35.5. The third kappa shape index (κ3) is 4.17. The van der Waals surface area contributed by atoms with Crippen molar-refractivity contribution >= 4 is 40.0 Å². The molecule has 4 aromatic rings. The Morgan fingerprint density at radius 2 is 1.82 bits per heavy atom. The number of aryl methyl sites for hydroxylation is 1. The zero-order valence-corrected chi connectivity index (χ0v) is 18.5. The van der Waals surface area contributed by atoms with E-state index in [-0.39, 0.29) is 22.2 Å². The van der Waals surface area contributed by atoms with Crippen molar-refractivity contribution in [3.05, 3.63) is 76.3 Å². The number of halogens is 4. The summed E-state index contributed by atoms with van der Waals surface area (Å²) in [4.78, 5) is 34.0. The molecule has 34 heavy (non-hydrogen) atoms. The van der Waals surface area contributed by atoms with Crippen LogP contribution >= 0.6 is 11.6 Å². The fourth-order valence-electron chi connectivity index (χ4n) is 3.37. The molecule has 3 heterocycles. The van der Waals surface area contributed by atoms with E-state index in [1.54, 1.807) is 31.2 Å². The highest BCUT2D eigenvalue weighted by Gasteiger charge is 2.37. The molecule has 2 N–H and O–H groups in total. The van der Waals surface area contributed by atoms with Gasteiger partial charge in [0.2, 0.25) is 0 Å². The van der Waals surface area contributed by atoms with Gasteiger partial charge in [-0.05, 0) is 30.7 Å². The molecule has 4 rings (SSSR count). The summed E-state index contributed by atoms with van der Waals surface area (Å²) in [6, 6.07) is 10.4. The van der Waals surface area contributed by atoms with Gasteiger partial charge in [-0.15, -0.1) is 0 Å². The fourth-order valence-corrected chi connectivity index (χ4v) is 3.57. The van der Waals surface area contributed by atoms with E-state index in [9.17, 15) is 22.8 Å². The van der Waals surface area contributed by atoms with Crippen LogP contribution in [0, 0.1) is 6.92 Å². The van der Waals surface area contributed by atoms with E-state index in [0.29, 0.717) is 27.2 Å². The fraction of sp³-hybridized carbons (Fsp3) is 0.136. The molecule has 1 aromatic carbocycles. The first-order valence-electron chi connectivity index (χ1n) is 9.82. The largest absolute Gasteiger partial charge is 0.435 e. The summed E-state index contributed by atoms with van der Waals surface area (Å²) in [6.45, 7) is 1.67. The molecule has 0 aliphatic rings. The number of aromatic nitrogens is 4. The van der Waals surface area contributed by atoms with Crippen molar-refractivity contribution in [3.8, 4) is 5.82 Å². The minimum absolute atomic E-state index is 0.0111. The van der Waals surface area contributed by atoms with Crippen molar-refractivity contribution < 1.29 is 22.8 Å². The average molecular weight is 489 g/mol. The third-order valence-electron chi connectivity index (χ3n) is 5.00. The molecule has 3 aromatic heterocycles. The number of pyridine rings is 2. The van der Waals surface area contributed by atoms with Crippen LogP contribution in [0.25, 0.3) is 16.7 Å². The Kier molecular flexibility index (Phi) is 5.96. The first kappa shape index (κ1) is 23.2. The molecule has 174 valence electrons. The number of benzene rings is 1. The first-order chi connectivity index (χ1) is 16.1. The van der Waals surface area contributed by atoms with Crippen LogP contribution in [0.4, 0.5) is 18.9 Å². The Hall–Kier alpha value is -3.99. The molecule has 0 atom stereocenters. The summed E-state index contributed by atoms with van der Waals surface area (Å²) in [5.74, 6) is -1.71. The van der Waals surface area contributed by atoms with Crippen LogP contribution in [0.3, 0.4) is 0 Å². The first-order valence-corrected chi connectivity index (χ1v) is 10.2. The molecule has 2 amide bonds. The van der Waals surface area contributed by atoms with E-state index in [0.717, 1.165) is 0 Å². The zero-order valence-electron chi connectivity index (χ0n) is 17.7. The summed E-state index contributed by atoms with van der Waals surface area (Å²) in [7, 11) is 1.40. The van der Waals surface area contributed by atoms with E-state index in [2.05, 4.69) is 25.7 Å². The normalized spacial score (nSPS) is 11.5. The molecule has 0 radical (unpaired) electrons. The number of anilines is 1. The Morgan fingerprint density at radius 1 is 1.09 bits per heavy atom. The molecule has 0 aliphatic heterocycles. The van der Waals surface area contributed by atoms with Gasteiger partial charge in [0.1, 0.15) is 5.69 Å².